The van der Waals surface area contributed by atoms with Gasteiger partial charge < -0.3 is 14.2 Å². The molecule has 8 nitrogen and oxygen atoms in total. The molecule has 1 aromatic carbocycles. The summed E-state index contributed by atoms with van der Waals surface area (Å²) in [6.07, 6.45) is 1.20. The van der Waals surface area contributed by atoms with Crippen LogP contribution in [-0.2, 0) is 23.8 Å². The van der Waals surface area contributed by atoms with Crippen molar-refractivity contribution < 1.29 is 33.4 Å². The van der Waals surface area contributed by atoms with E-state index in [-0.39, 0.29) is 17.6 Å². The van der Waals surface area contributed by atoms with E-state index in [1.807, 2.05) is 0 Å². The van der Waals surface area contributed by atoms with Gasteiger partial charge in [-0.05, 0) is 32.1 Å². The van der Waals surface area contributed by atoms with Crippen LogP contribution in [0.2, 0.25) is 0 Å². The first-order chi connectivity index (χ1) is 12.4. The molecular weight excluding hydrogens is 342 g/mol. The zero-order valence-electron chi connectivity index (χ0n) is 14.4. The molecule has 0 fully saturated rings. The van der Waals surface area contributed by atoms with E-state index in [0.717, 1.165) is 18.9 Å². The van der Waals surface area contributed by atoms with Crippen molar-refractivity contribution >= 4 is 24.3 Å². The number of carbonyl (C=O) groups excluding carboxylic acids is 4. The Hall–Kier alpha value is -3.42. The van der Waals surface area contributed by atoms with Gasteiger partial charge in [0.25, 0.3) is 24.6 Å². The Morgan fingerprint density at radius 3 is 2.12 bits per heavy atom. The van der Waals surface area contributed by atoms with Crippen molar-refractivity contribution in [3.63, 3.8) is 0 Å². The molecule has 1 heterocycles. The van der Waals surface area contributed by atoms with Crippen LogP contribution >= 0.6 is 0 Å². The maximum Gasteiger partial charge on any atom is 0.358 e. The molecular formula is C18H17NO7. The van der Waals surface area contributed by atoms with Gasteiger partial charge in [0, 0.05) is 0 Å². The lowest BCUT2D eigenvalue weighted by molar-refractivity contribution is -0.146. The minimum absolute atomic E-state index is 0.164. The molecule has 136 valence electrons. The molecule has 0 radical (unpaired) electrons. The van der Waals surface area contributed by atoms with Crippen LogP contribution in [0.15, 0.2) is 47.9 Å². The predicted molar refractivity (Wildman–Crippen MR) is 88.5 cm³/mol. The molecule has 0 N–H and O–H groups in total. The highest BCUT2D eigenvalue weighted by Gasteiger charge is 2.40. The summed E-state index contributed by atoms with van der Waals surface area (Å²) < 4.78 is 14.6. The highest BCUT2D eigenvalue weighted by atomic mass is 16.7. The van der Waals surface area contributed by atoms with Crippen LogP contribution in [0.25, 0.3) is 0 Å². The highest BCUT2D eigenvalue weighted by Crippen LogP contribution is 2.26. The summed E-state index contributed by atoms with van der Waals surface area (Å²) in [5.41, 5.74) is 0.681. The number of methoxy groups -OCH3 is 1. The Balaban J connectivity index is 2.38. The number of rotatable bonds is 7. The molecule has 0 aliphatic carbocycles. The van der Waals surface area contributed by atoms with Crippen molar-refractivity contribution in [2.45, 2.75) is 20.1 Å². The standard InChI is InChI=1S/C18H17NO7/c1-11(2)8-15(26-10-20)25-9-14(18(23)24-3)19-16(21)12-6-4-5-7-13(12)17(19)22/h4-10,15H,1-3H3/b14-9-. The second-order valence-electron chi connectivity index (χ2n) is 5.47. The van der Waals surface area contributed by atoms with Gasteiger partial charge in [0.2, 0.25) is 0 Å². The smallest absolute Gasteiger partial charge is 0.358 e. The third-order valence-corrected chi connectivity index (χ3v) is 3.40. The third-order valence-electron chi connectivity index (χ3n) is 3.40. The van der Waals surface area contributed by atoms with Crippen molar-refractivity contribution in [3.05, 3.63) is 59.0 Å². The van der Waals surface area contributed by atoms with E-state index in [0.29, 0.717) is 4.90 Å². The quantitative estimate of drug-likeness (QED) is 0.139. The number of fused-ring (bicyclic) bond motifs is 1. The summed E-state index contributed by atoms with van der Waals surface area (Å²) in [6.45, 7) is 3.68. The number of benzene rings is 1. The molecule has 26 heavy (non-hydrogen) atoms. The van der Waals surface area contributed by atoms with Gasteiger partial charge in [0.1, 0.15) is 6.26 Å². The van der Waals surface area contributed by atoms with Crippen molar-refractivity contribution in [2.75, 3.05) is 7.11 Å². The lowest BCUT2D eigenvalue weighted by atomic mass is 10.1. The van der Waals surface area contributed by atoms with E-state index >= 15 is 0 Å². The fraction of sp³-hybridized carbons (Fsp3) is 0.222. The van der Waals surface area contributed by atoms with Gasteiger partial charge in [0.15, 0.2) is 5.70 Å². The monoisotopic (exact) mass is 359 g/mol. The molecule has 2 amide bonds. The maximum absolute atomic E-state index is 12.5. The highest BCUT2D eigenvalue weighted by molar-refractivity contribution is 6.24. The summed E-state index contributed by atoms with van der Waals surface area (Å²) >= 11 is 0. The Kier molecular flexibility index (Phi) is 5.90. The number of nitrogens with zero attached hydrogens (tertiary/aromatic N) is 1. The summed E-state index contributed by atoms with van der Waals surface area (Å²) in [5.74, 6) is -2.32. The Morgan fingerprint density at radius 1 is 1.08 bits per heavy atom. The zero-order valence-corrected chi connectivity index (χ0v) is 14.4. The first kappa shape index (κ1) is 18.9. The van der Waals surface area contributed by atoms with Crippen LogP contribution in [0, 0.1) is 0 Å². The van der Waals surface area contributed by atoms with Crippen LogP contribution in [-0.4, -0.2) is 42.6 Å². The van der Waals surface area contributed by atoms with E-state index in [9.17, 15) is 19.2 Å². The molecule has 1 aliphatic heterocycles. The van der Waals surface area contributed by atoms with E-state index in [4.69, 9.17) is 9.47 Å². The number of esters is 1. The molecule has 1 unspecified atom stereocenters. The average Bonchev–Trinajstić information content (AvgIpc) is 2.86. The maximum atomic E-state index is 12.5. The molecule has 1 aromatic rings. The fourth-order valence-corrected chi connectivity index (χ4v) is 2.27. The zero-order chi connectivity index (χ0) is 19.3. The average molecular weight is 359 g/mol. The van der Waals surface area contributed by atoms with Gasteiger partial charge in [0.05, 0.1) is 18.2 Å². The second kappa shape index (κ2) is 8.11. The number of carbonyl (C=O) groups is 4. The van der Waals surface area contributed by atoms with Crippen LogP contribution in [0.5, 0.6) is 0 Å². The molecule has 1 atom stereocenters. The van der Waals surface area contributed by atoms with Crippen molar-refractivity contribution in [2.24, 2.45) is 0 Å². The number of allylic oxidation sites excluding steroid dienone is 1. The van der Waals surface area contributed by atoms with Gasteiger partial charge in [-0.2, -0.15) is 0 Å². The SMILES string of the molecule is COC(=O)/C(=C/OC(C=C(C)C)OC=O)N1C(=O)c2ccccc2C1=O. The van der Waals surface area contributed by atoms with Crippen LogP contribution in [0.3, 0.4) is 0 Å². The lowest BCUT2D eigenvalue weighted by Crippen LogP contribution is -2.34. The van der Waals surface area contributed by atoms with E-state index in [1.54, 1.807) is 26.0 Å². The van der Waals surface area contributed by atoms with E-state index < -0.39 is 29.8 Å². The molecule has 0 saturated carbocycles. The summed E-state index contributed by atoms with van der Waals surface area (Å²) in [5, 5.41) is 0. The second-order valence-corrected chi connectivity index (χ2v) is 5.47. The van der Waals surface area contributed by atoms with Crippen LogP contribution in [0.1, 0.15) is 34.6 Å². The Morgan fingerprint density at radius 2 is 1.65 bits per heavy atom. The molecule has 0 spiro atoms. The summed E-state index contributed by atoms with van der Waals surface area (Å²) in [4.78, 5) is 48.4. The normalized spacial score (nSPS) is 14.4. The van der Waals surface area contributed by atoms with Crippen molar-refractivity contribution in [1.82, 2.24) is 4.90 Å². The minimum atomic E-state index is -1.13. The van der Waals surface area contributed by atoms with Gasteiger partial charge in [-0.3, -0.25) is 14.4 Å². The molecule has 0 aromatic heterocycles. The van der Waals surface area contributed by atoms with Crippen molar-refractivity contribution in [1.29, 1.82) is 0 Å². The molecule has 8 heteroatoms. The van der Waals surface area contributed by atoms with Gasteiger partial charge in [-0.1, -0.05) is 17.7 Å². The summed E-state index contributed by atoms with van der Waals surface area (Å²) in [6, 6.07) is 6.17. The first-order valence-electron chi connectivity index (χ1n) is 7.56. The van der Waals surface area contributed by atoms with Crippen LogP contribution < -0.4 is 0 Å². The predicted octanol–water partition coefficient (Wildman–Crippen LogP) is 1.78. The number of amides is 2. The number of ether oxygens (including phenoxy) is 3. The molecule has 0 saturated heterocycles. The van der Waals surface area contributed by atoms with Gasteiger partial charge in [-0.25, -0.2) is 9.69 Å². The minimum Gasteiger partial charge on any atom is -0.464 e. The van der Waals surface area contributed by atoms with Gasteiger partial charge >= 0.3 is 5.97 Å². The Bertz CT molecular complexity index is 771. The molecule has 1 aliphatic rings. The number of hydrogen-bond donors (Lipinski definition) is 0. The number of hydrogen-bond acceptors (Lipinski definition) is 7. The molecule has 0 bridgehead atoms. The van der Waals surface area contributed by atoms with Crippen LogP contribution in [0.4, 0.5) is 0 Å². The van der Waals surface area contributed by atoms with E-state index in [2.05, 4.69) is 4.74 Å². The summed E-state index contributed by atoms with van der Waals surface area (Å²) in [7, 11) is 1.10. The molecule has 2 rings (SSSR count). The third kappa shape index (κ3) is 3.80. The lowest BCUT2D eigenvalue weighted by Gasteiger charge is -2.17. The topological polar surface area (TPSA) is 99.2 Å². The number of imide groups is 1. The van der Waals surface area contributed by atoms with Crippen molar-refractivity contribution in [3.8, 4) is 0 Å². The van der Waals surface area contributed by atoms with E-state index in [1.165, 1.54) is 18.2 Å². The first-order valence-corrected chi connectivity index (χ1v) is 7.56. The largest absolute Gasteiger partial charge is 0.464 e. The Labute approximate surface area is 149 Å². The fourth-order valence-electron chi connectivity index (χ4n) is 2.27. The van der Waals surface area contributed by atoms with Gasteiger partial charge in [-0.15, -0.1) is 0 Å².